The SMILES string of the molecule is CC12c3ccccc3N(c3ccccc3)C1c1c(n(-c3ccccc3)c3ccccc13)-c1c2n(-c2ccccc2)c2ccccc12. The topological polar surface area (TPSA) is 13.1 Å². The molecule has 0 fully saturated rings. The van der Waals surface area contributed by atoms with E-state index in [0.717, 1.165) is 0 Å². The largest absolute Gasteiger partial charge is 0.332 e. The van der Waals surface area contributed by atoms with Crippen LogP contribution in [0.25, 0.3) is 44.4 Å². The van der Waals surface area contributed by atoms with Crippen molar-refractivity contribution < 1.29 is 0 Å². The van der Waals surface area contributed by atoms with E-state index in [2.05, 4.69) is 185 Å². The molecule has 0 radical (unpaired) electrons. The molecule has 3 heterocycles. The van der Waals surface area contributed by atoms with Crippen molar-refractivity contribution in [1.29, 1.82) is 0 Å². The van der Waals surface area contributed by atoms with E-state index in [9.17, 15) is 0 Å². The number of benzene rings is 6. The van der Waals surface area contributed by atoms with E-state index in [-0.39, 0.29) is 11.5 Å². The molecule has 3 nitrogen and oxygen atoms in total. The standard InChI is InChI=1S/C43H31N3/c1-43-34-25-13-16-28-37(34)46(31-21-9-4-10-22-31)42(43)38-32-23-11-14-26-35(32)44(29-17-5-2-6-18-29)40(38)39-33-24-12-15-27-36(33)45(41(39)43)30-19-7-3-8-20-30/h2-28,42H,1H3. The van der Waals surface area contributed by atoms with Crippen LogP contribution in [0.4, 0.5) is 11.4 Å². The molecule has 0 bridgehead atoms. The fraction of sp³-hybridized carbons (Fsp3) is 0.0698. The van der Waals surface area contributed by atoms with Gasteiger partial charge in [0.2, 0.25) is 0 Å². The number of fused-ring (bicyclic) bond motifs is 12. The van der Waals surface area contributed by atoms with Gasteiger partial charge in [0.1, 0.15) is 0 Å². The molecular formula is C43H31N3. The molecule has 2 unspecified atom stereocenters. The first kappa shape index (κ1) is 25.5. The van der Waals surface area contributed by atoms with Gasteiger partial charge in [-0.2, -0.15) is 0 Å². The van der Waals surface area contributed by atoms with Crippen LogP contribution in [0.5, 0.6) is 0 Å². The summed E-state index contributed by atoms with van der Waals surface area (Å²) in [5.41, 5.74) is 13.6. The van der Waals surface area contributed by atoms with E-state index in [0.29, 0.717) is 0 Å². The Morgan fingerprint density at radius 3 is 1.65 bits per heavy atom. The predicted molar refractivity (Wildman–Crippen MR) is 190 cm³/mol. The van der Waals surface area contributed by atoms with Gasteiger partial charge in [0.25, 0.3) is 0 Å². The van der Waals surface area contributed by atoms with Crippen molar-refractivity contribution in [2.45, 2.75) is 18.4 Å². The maximum absolute atomic E-state index is 2.62. The first-order valence-electron chi connectivity index (χ1n) is 16.1. The Morgan fingerprint density at radius 2 is 0.978 bits per heavy atom. The van der Waals surface area contributed by atoms with Crippen LogP contribution in [0.1, 0.15) is 29.8 Å². The summed E-state index contributed by atoms with van der Waals surface area (Å²) >= 11 is 0. The lowest BCUT2D eigenvalue weighted by Gasteiger charge is -2.42. The monoisotopic (exact) mass is 589 g/mol. The quantitative estimate of drug-likeness (QED) is 0.200. The highest BCUT2D eigenvalue weighted by Gasteiger charge is 2.57. The number of aromatic nitrogens is 2. The van der Waals surface area contributed by atoms with E-state index in [1.165, 1.54) is 72.6 Å². The number of nitrogens with zero attached hydrogens (tertiary/aromatic N) is 3. The molecule has 218 valence electrons. The van der Waals surface area contributed by atoms with Crippen molar-refractivity contribution >= 4 is 33.2 Å². The Kier molecular flexibility index (Phi) is 5.19. The number of anilines is 2. The van der Waals surface area contributed by atoms with E-state index >= 15 is 0 Å². The zero-order chi connectivity index (χ0) is 30.4. The molecule has 0 amide bonds. The minimum atomic E-state index is -0.380. The Balaban J connectivity index is 1.47. The summed E-state index contributed by atoms with van der Waals surface area (Å²) in [6, 6.07) is 59.9. The molecule has 8 aromatic rings. The summed E-state index contributed by atoms with van der Waals surface area (Å²) in [4.78, 5) is 2.62. The van der Waals surface area contributed by atoms with Gasteiger partial charge < -0.3 is 14.0 Å². The molecule has 0 saturated heterocycles. The van der Waals surface area contributed by atoms with Crippen LogP contribution in [-0.4, -0.2) is 9.13 Å². The molecule has 3 heteroatoms. The molecule has 10 rings (SSSR count). The minimum absolute atomic E-state index is 0.0106. The smallest absolute Gasteiger partial charge is 0.0769 e. The molecule has 0 N–H and O–H groups in total. The molecule has 2 atom stereocenters. The Bertz CT molecular complexity index is 2440. The maximum atomic E-state index is 2.62. The van der Waals surface area contributed by atoms with Gasteiger partial charge in [0, 0.05) is 50.3 Å². The van der Waals surface area contributed by atoms with Crippen LogP contribution in [0, 0.1) is 0 Å². The highest BCUT2D eigenvalue weighted by Crippen LogP contribution is 2.66. The van der Waals surface area contributed by atoms with Crippen LogP contribution >= 0.6 is 0 Å². The summed E-state index contributed by atoms with van der Waals surface area (Å²) in [5, 5.41) is 2.58. The van der Waals surface area contributed by atoms with Crippen molar-refractivity contribution in [3.63, 3.8) is 0 Å². The van der Waals surface area contributed by atoms with Gasteiger partial charge in [-0.3, -0.25) is 0 Å². The highest BCUT2D eigenvalue weighted by molar-refractivity contribution is 6.08. The summed E-state index contributed by atoms with van der Waals surface area (Å²) < 4.78 is 5.08. The van der Waals surface area contributed by atoms with Gasteiger partial charge in [0.05, 0.1) is 28.2 Å². The third-order valence-electron chi connectivity index (χ3n) is 10.4. The van der Waals surface area contributed by atoms with Crippen molar-refractivity contribution in [2.24, 2.45) is 0 Å². The summed E-state index contributed by atoms with van der Waals surface area (Å²) in [6.45, 7) is 2.49. The lowest BCUT2D eigenvalue weighted by atomic mass is 9.67. The summed E-state index contributed by atoms with van der Waals surface area (Å²) in [6.07, 6.45) is 0. The second-order valence-electron chi connectivity index (χ2n) is 12.7. The second-order valence-corrected chi connectivity index (χ2v) is 12.7. The zero-order valence-corrected chi connectivity index (χ0v) is 25.5. The molecule has 6 aromatic carbocycles. The number of para-hydroxylation sites is 6. The van der Waals surface area contributed by atoms with Crippen LogP contribution in [0.15, 0.2) is 164 Å². The van der Waals surface area contributed by atoms with Crippen molar-refractivity contribution in [3.05, 3.63) is 181 Å². The molecular weight excluding hydrogens is 558 g/mol. The predicted octanol–water partition coefficient (Wildman–Crippen LogP) is 10.8. The molecule has 0 saturated carbocycles. The van der Waals surface area contributed by atoms with Crippen LogP contribution in [-0.2, 0) is 5.41 Å². The first-order valence-corrected chi connectivity index (χ1v) is 16.1. The van der Waals surface area contributed by atoms with Gasteiger partial charge in [-0.05, 0) is 67.1 Å². The van der Waals surface area contributed by atoms with E-state index in [4.69, 9.17) is 0 Å². The van der Waals surface area contributed by atoms with Gasteiger partial charge in [-0.1, -0.05) is 109 Å². The average molecular weight is 590 g/mol. The van der Waals surface area contributed by atoms with Gasteiger partial charge >= 0.3 is 0 Å². The Morgan fingerprint density at radius 1 is 0.478 bits per heavy atom. The third kappa shape index (κ3) is 3.17. The normalized spacial score (nSPS) is 17.9. The van der Waals surface area contributed by atoms with E-state index < -0.39 is 0 Å². The Hall–Kier alpha value is -5.80. The number of rotatable bonds is 3. The van der Waals surface area contributed by atoms with Gasteiger partial charge in [-0.25, -0.2) is 0 Å². The van der Waals surface area contributed by atoms with Gasteiger partial charge in [-0.15, -0.1) is 0 Å². The van der Waals surface area contributed by atoms with Crippen molar-refractivity contribution in [1.82, 2.24) is 9.13 Å². The molecule has 46 heavy (non-hydrogen) atoms. The second kappa shape index (κ2) is 9.35. The van der Waals surface area contributed by atoms with Crippen molar-refractivity contribution in [3.8, 4) is 22.6 Å². The number of hydrogen-bond donors (Lipinski definition) is 0. The third-order valence-corrected chi connectivity index (χ3v) is 10.4. The zero-order valence-electron chi connectivity index (χ0n) is 25.5. The molecule has 2 aromatic heterocycles. The molecule has 1 aliphatic carbocycles. The Labute approximate surface area is 268 Å². The van der Waals surface area contributed by atoms with Crippen LogP contribution in [0.2, 0.25) is 0 Å². The van der Waals surface area contributed by atoms with E-state index in [1.807, 2.05) is 0 Å². The maximum Gasteiger partial charge on any atom is 0.0769 e. The lowest BCUT2D eigenvalue weighted by molar-refractivity contribution is 0.463. The molecule has 2 aliphatic rings. The van der Waals surface area contributed by atoms with Crippen molar-refractivity contribution in [2.75, 3.05) is 4.90 Å². The first-order chi connectivity index (χ1) is 22.8. The molecule has 1 aliphatic heterocycles. The fourth-order valence-corrected chi connectivity index (χ4v) is 8.67. The summed E-state index contributed by atoms with van der Waals surface area (Å²) in [5.74, 6) is 0. The highest BCUT2D eigenvalue weighted by atomic mass is 15.2. The van der Waals surface area contributed by atoms with Crippen LogP contribution < -0.4 is 4.90 Å². The van der Waals surface area contributed by atoms with Crippen LogP contribution in [0.3, 0.4) is 0 Å². The molecule has 0 spiro atoms. The fourth-order valence-electron chi connectivity index (χ4n) is 8.67. The number of hydrogen-bond acceptors (Lipinski definition) is 1. The average Bonchev–Trinajstić information content (AvgIpc) is 3.74. The summed E-state index contributed by atoms with van der Waals surface area (Å²) in [7, 11) is 0. The minimum Gasteiger partial charge on any atom is -0.332 e. The van der Waals surface area contributed by atoms with E-state index in [1.54, 1.807) is 0 Å². The van der Waals surface area contributed by atoms with Gasteiger partial charge in [0.15, 0.2) is 0 Å². The lowest BCUT2D eigenvalue weighted by Crippen LogP contribution is -2.39.